The first-order chi connectivity index (χ1) is 11.4. The molecule has 0 aliphatic carbocycles. The summed E-state index contributed by atoms with van der Waals surface area (Å²) in [4.78, 5) is 11.2. The molecule has 0 amide bonds. The Morgan fingerprint density at radius 3 is 2.38 bits per heavy atom. The molecule has 0 radical (unpaired) electrons. The van der Waals surface area contributed by atoms with Gasteiger partial charge in [-0.2, -0.15) is 4.31 Å². The number of carbonyl (C=O) groups is 1. The fourth-order valence-electron chi connectivity index (χ4n) is 2.32. The maximum atomic E-state index is 12.8. The highest BCUT2D eigenvalue weighted by atomic mass is 32.2. The lowest BCUT2D eigenvalue weighted by molar-refractivity contribution is 0.0693. The van der Waals surface area contributed by atoms with Crippen LogP contribution < -0.4 is 4.74 Å². The van der Waals surface area contributed by atoms with Gasteiger partial charge in [0.05, 0.1) is 12.0 Å². The van der Waals surface area contributed by atoms with Gasteiger partial charge in [0, 0.05) is 13.1 Å². The lowest BCUT2D eigenvalue weighted by Crippen LogP contribution is -2.30. The summed E-state index contributed by atoms with van der Waals surface area (Å²) >= 11 is 0. The van der Waals surface area contributed by atoms with E-state index in [1.54, 1.807) is 6.92 Å². The molecule has 2 aromatic carbocycles. The van der Waals surface area contributed by atoms with Crippen molar-refractivity contribution in [2.24, 2.45) is 0 Å². The van der Waals surface area contributed by atoms with Gasteiger partial charge in [-0.05, 0) is 23.8 Å². The number of rotatable bonds is 7. The molecule has 0 saturated heterocycles. The van der Waals surface area contributed by atoms with Crippen LogP contribution in [0.1, 0.15) is 22.8 Å². The predicted octanol–water partition coefficient (Wildman–Crippen LogP) is 2.60. The molecule has 0 unspecified atom stereocenters. The van der Waals surface area contributed by atoms with Crippen LogP contribution in [0.4, 0.5) is 0 Å². The molecule has 0 aliphatic rings. The summed E-state index contributed by atoms with van der Waals surface area (Å²) in [5, 5.41) is 9.23. The average molecular weight is 349 g/mol. The van der Waals surface area contributed by atoms with Gasteiger partial charge in [-0.25, -0.2) is 13.2 Å². The van der Waals surface area contributed by atoms with Gasteiger partial charge < -0.3 is 9.84 Å². The number of hydrogen-bond acceptors (Lipinski definition) is 4. The second-order valence-corrected chi connectivity index (χ2v) is 7.02. The third-order valence-corrected chi connectivity index (χ3v) is 5.51. The van der Waals surface area contributed by atoms with Gasteiger partial charge in [0.1, 0.15) is 11.3 Å². The number of carboxylic acids is 1. The first-order valence-electron chi connectivity index (χ1n) is 7.35. The number of aromatic carboxylic acids is 1. The van der Waals surface area contributed by atoms with Crippen LogP contribution in [0.5, 0.6) is 5.75 Å². The second-order valence-electron chi connectivity index (χ2n) is 5.08. The standard InChI is InChI=1S/C17H19NO5S/c1-3-18(12-13-7-5-4-6-8-13)24(21,22)14-9-10-16(23-2)15(11-14)17(19)20/h4-11H,3,12H2,1-2H3,(H,19,20). The number of sulfonamides is 1. The molecule has 1 N–H and O–H groups in total. The van der Waals surface area contributed by atoms with Crippen molar-refractivity contribution >= 4 is 16.0 Å². The number of methoxy groups -OCH3 is 1. The summed E-state index contributed by atoms with van der Waals surface area (Å²) in [5.74, 6) is -1.12. The van der Waals surface area contributed by atoms with Gasteiger partial charge in [-0.15, -0.1) is 0 Å². The van der Waals surface area contributed by atoms with Crippen LogP contribution in [0.3, 0.4) is 0 Å². The van der Waals surface area contributed by atoms with Crippen LogP contribution in [0.25, 0.3) is 0 Å². The maximum Gasteiger partial charge on any atom is 0.339 e. The van der Waals surface area contributed by atoms with Crippen LogP contribution in [-0.4, -0.2) is 37.5 Å². The lowest BCUT2D eigenvalue weighted by atomic mass is 10.2. The molecule has 6 nitrogen and oxygen atoms in total. The third kappa shape index (κ3) is 3.74. The highest BCUT2D eigenvalue weighted by Gasteiger charge is 2.25. The molecule has 0 aromatic heterocycles. The summed E-state index contributed by atoms with van der Waals surface area (Å²) in [5.41, 5.74) is 0.671. The number of benzene rings is 2. The average Bonchev–Trinajstić information content (AvgIpc) is 2.59. The summed E-state index contributed by atoms with van der Waals surface area (Å²) in [6.07, 6.45) is 0. The molecule has 2 aromatic rings. The van der Waals surface area contributed by atoms with Crippen molar-refractivity contribution in [3.05, 3.63) is 59.7 Å². The van der Waals surface area contributed by atoms with Crippen molar-refractivity contribution in [3.63, 3.8) is 0 Å². The minimum absolute atomic E-state index is 0.0709. The number of ether oxygens (including phenoxy) is 1. The molecule has 7 heteroatoms. The molecule has 0 saturated carbocycles. The van der Waals surface area contributed by atoms with E-state index in [1.807, 2.05) is 30.3 Å². The number of hydrogen-bond donors (Lipinski definition) is 1. The summed E-state index contributed by atoms with van der Waals surface area (Å²) in [7, 11) is -2.48. The Morgan fingerprint density at radius 1 is 1.17 bits per heavy atom. The van der Waals surface area contributed by atoms with Gasteiger partial charge in [-0.3, -0.25) is 0 Å². The monoisotopic (exact) mass is 349 g/mol. The van der Waals surface area contributed by atoms with Gasteiger partial charge in [0.15, 0.2) is 0 Å². The van der Waals surface area contributed by atoms with Gasteiger partial charge in [-0.1, -0.05) is 37.3 Å². The normalized spacial score (nSPS) is 11.5. The van der Waals surface area contributed by atoms with E-state index < -0.39 is 16.0 Å². The van der Waals surface area contributed by atoms with Gasteiger partial charge >= 0.3 is 5.97 Å². The van der Waals surface area contributed by atoms with E-state index in [4.69, 9.17) is 4.74 Å². The third-order valence-electron chi connectivity index (χ3n) is 3.59. The fraction of sp³-hybridized carbons (Fsp3) is 0.235. The second kappa shape index (κ2) is 7.46. The van der Waals surface area contributed by atoms with Crippen LogP contribution in [-0.2, 0) is 16.6 Å². The molecule has 2 rings (SSSR count). The molecule has 0 heterocycles. The van der Waals surface area contributed by atoms with Crippen molar-refractivity contribution in [1.29, 1.82) is 0 Å². The number of carboxylic acid groups (broad SMARTS) is 1. The largest absolute Gasteiger partial charge is 0.496 e. The van der Waals surface area contributed by atoms with Crippen LogP contribution in [0.2, 0.25) is 0 Å². The van der Waals surface area contributed by atoms with Crippen molar-refractivity contribution in [2.75, 3.05) is 13.7 Å². The molecule has 0 bridgehead atoms. The molecule has 0 spiro atoms. The maximum absolute atomic E-state index is 12.8. The summed E-state index contributed by atoms with van der Waals surface area (Å²) < 4.78 is 31.9. The Bertz CT molecular complexity index is 818. The summed E-state index contributed by atoms with van der Waals surface area (Å²) in [6.45, 7) is 2.22. The van der Waals surface area contributed by atoms with E-state index in [9.17, 15) is 18.3 Å². The van der Waals surface area contributed by atoms with Crippen molar-refractivity contribution in [1.82, 2.24) is 4.31 Å². The molecular formula is C17H19NO5S. The molecule has 0 atom stereocenters. The minimum Gasteiger partial charge on any atom is -0.496 e. The van der Waals surface area contributed by atoms with Crippen LogP contribution >= 0.6 is 0 Å². The first kappa shape index (κ1) is 18.0. The number of nitrogens with zero attached hydrogens (tertiary/aromatic N) is 1. The van der Waals surface area contributed by atoms with E-state index in [0.29, 0.717) is 0 Å². The Morgan fingerprint density at radius 2 is 1.83 bits per heavy atom. The minimum atomic E-state index is -3.82. The molecule has 0 fully saturated rings. The Labute approximate surface area is 141 Å². The van der Waals surface area contributed by atoms with E-state index in [1.165, 1.54) is 23.5 Å². The van der Waals surface area contributed by atoms with Gasteiger partial charge in [0.2, 0.25) is 10.0 Å². The molecular weight excluding hydrogens is 330 g/mol. The predicted molar refractivity (Wildman–Crippen MR) is 89.7 cm³/mol. The van der Waals surface area contributed by atoms with Crippen molar-refractivity contribution < 1.29 is 23.1 Å². The molecule has 24 heavy (non-hydrogen) atoms. The Hall–Kier alpha value is -2.38. The fourth-order valence-corrected chi connectivity index (χ4v) is 3.78. The van der Waals surface area contributed by atoms with Crippen LogP contribution in [0, 0.1) is 0 Å². The summed E-state index contributed by atoms with van der Waals surface area (Å²) in [6, 6.07) is 13.1. The smallest absolute Gasteiger partial charge is 0.339 e. The van der Waals surface area contributed by atoms with Crippen molar-refractivity contribution in [2.45, 2.75) is 18.4 Å². The van der Waals surface area contributed by atoms with Crippen molar-refractivity contribution in [3.8, 4) is 5.75 Å². The molecule has 128 valence electrons. The quantitative estimate of drug-likeness (QED) is 0.831. The van der Waals surface area contributed by atoms with E-state index in [-0.39, 0.29) is 29.3 Å². The van der Waals surface area contributed by atoms with Gasteiger partial charge in [0.25, 0.3) is 0 Å². The zero-order valence-electron chi connectivity index (χ0n) is 13.5. The SMILES string of the molecule is CCN(Cc1ccccc1)S(=O)(=O)c1ccc(OC)c(C(=O)O)c1. The Balaban J connectivity index is 2.41. The highest BCUT2D eigenvalue weighted by Crippen LogP contribution is 2.25. The van der Waals surface area contributed by atoms with Crippen LogP contribution in [0.15, 0.2) is 53.4 Å². The lowest BCUT2D eigenvalue weighted by Gasteiger charge is -2.21. The first-order valence-corrected chi connectivity index (χ1v) is 8.79. The topological polar surface area (TPSA) is 83.9 Å². The zero-order valence-corrected chi connectivity index (χ0v) is 14.3. The van der Waals surface area contributed by atoms with E-state index in [0.717, 1.165) is 11.6 Å². The zero-order chi connectivity index (χ0) is 17.7. The highest BCUT2D eigenvalue weighted by molar-refractivity contribution is 7.89. The Kier molecular flexibility index (Phi) is 5.58. The van der Waals surface area contributed by atoms with E-state index >= 15 is 0 Å². The van der Waals surface area contributed by atoms with E-state index in [2.05, 4.69) is 0 Å². The molecule has 0 aliphatic heterocycles.